The van der Waals surface area contributed by atoms with Gasteiger partial charge in [0.05, 0.1) is 28.5 Å². The highest BCUT2D eigenvalue weighted by molar-refractivity contribution is 7.07. The Kier molecular flexibility index (Phi) is 7.97. The second-order valence-electron chi connectivity index (χ2n) is 9.67. The SMILES string of the molecule is C#CCOc1ccc2ccccc2c1/C=c1\sc2n(c1=O)[C@@H](c1ccc(Cl)cc1)C(C(=O)OCC)=C(c1ccccc1)N=2. The summed E-state index contributed by atoms with van der Waals surface area (Å²) in [6, 6.07) is 27.4. The number of terminal acetylenes is 1. The lowest BCUT2D eigenvalue weighted by Gasteiger charge is -2.26. The predicted molar refractivity (Wildman–Crippen MR) is 171 cm³/mol. The maximum Gasteiger partial charge on any atom is 0.338 e. The average Bonchev–Trinajstić information content (AvgIpc) is 3.35. The van der Waals surface area contributed by atoms with Gasteiger partial charge in [-0.25, -0.2) is 9.79 Å². The van der Waals surface area contributed by atoms with Crippen LogP contribution in [0.2, 0.25) is 5.02 Å². The van der Waals surface area contributed by atoms with Gasteiger partial charge in [-0.1, -0.05) is 102 Å². The molecule has 0 radical (unpaired) electrons. The van der Waals surface area contributed by atoms with E-state index in [0.29, 0.717) is 31.4 Å². The number of fused-ring (bicyclic) bond motifs is 2. The van der Waals surface area contributed by atoms with Gasteiger partial charge in [-0.05, 0) is 47.5 Å². The minimum atomic E-state index is -0.797. The zero-order valence-electron chi connectivity index (χ0n) is 23.1. The number of nitrogens with zero attached hydrogens (tertiary/aromatic N) is 2. The van der Waals surface area contributed by atoms with Crippen LogP contribution in [0.15, 0.2) is 106 Å². The molecule has 1 aliphatic rings. The molecule has 0 amide bonds. The van der Waals surface area contributed by atoms with Gasteiger partial charge in [0.2, 0.25) is 0 Å². The van der Waals surface area contributed by atoms with E-state index in [2.05, 4.69) is 5.92 Å². The van der Waals surface area contributed by atoms with Crippen molar-refractivity contribution in [1.82, 2.24) is 4.57 Å². The molecule has 1 aliphatic heterocycles. The quantitative estimate of drug-likeness (QED) is 0.175. The molecule has 0 bridgehead atoms. The highest BCUT2D eigenvalue weighted by Crippen LogP contribution is 2.36. The number of hydrogen-bond acceptors (Lipinski definition) is 6. The molecule has 0 saturated carbocycles. The molecule has 43 heavy (non-hydrogen) atoms. The number of ether oxygens (including phenoxy) is 2. The van der Waals surface area contributed by atoms with Crippen LogP contribution >= 0.6 is 22.9 Å². The molecule has 0 aliphatic carbocycles. The van der Waals surface area contributed by atoms with Crippen molar-refractivity contribution < 1.29 is 14.3 Å². The molecule has 6 nitrogen and oxygen atoms in total. The van der Waals surface area contributed by atoms with Crippen molar-refractivity contribution in [2.45, 2.75) is 13.0 Å². The van der Waals surface area contributed by atoms with E-state index in [4.69, 9.17) is 32.5 Å². The van der Waals surface area contributed by atoms with Gasteiger partial charge in [-0.3, -0.25) is 9.36 Å². The maximum atomic E-state index is 14.3. The molecular formula is C35H25ClN2O4S. The molecule has 212 valence electrons. The monoisotopic (exact) mass is 604 g/mol. The van der Waals surface area contributed by atoms with Crippen LogP contribution in [0.5, 0.6) is 5.75 Å². The Labute approximate surface area is 256 Å². The summed E-state index contributed by atoms with van der Waals surface area (Å²) < 4.78 is 13.4. The fraction of sp³-hybridized carbons (Fsp3) is 0.114. The number of halogens is 1. The van der Waals surface area contributed by atoms with Crippen molar-refractivity contribution in [3.8, 4) is 18.1 Å². The third-order valence-corrected chi connectivity index (χ3v) is 8.31. The summed E-state index contributed by atoms with van der Waals surface area (Å²) in [5.41, 5.74) is 2.60. The Bertz CT molecular complexity index is 2110. The van der Waals surface area contributed by atoms with Gasteiger partial charge in [0.15, 0.2) is 4.80 Å². The molecule has 5 aromatic rings. The second kappa shape index (κ2) is 12.1. The Morgan fingerprint density at radius 3 is 2.53 bits per heavy atom. The first-order chi connectivity index (χ1) is 21.0. The Morgan fingerprint density at radius 2 is 1.79 bits per heavy atom. The predicted octanol–water partition coefficient (Wildman–Crippen LogP) is 5.75. The van der Waals surface area contributed by atoms with Crippen molar-refractivity contribution in [2.24, 2.45) is 4.99 Å². The second-order valence-corrected chi connectivity index (χ2v) is 11.1. The Morgan fingerprint density at radius 1 is 1.05 bits per heavy atom. The lowest BCUT2D eigenvalue weighted by molar-refractivity contribution is -0.138. The van der Waals surface area contributed by atoms with Crippen LogP contribution in [-0.2, 0) is 9.53 Å². The van der Waals surface area contributed by atoms with Gasteiger partial charge in [-0.2, -0.15) is 0 Å². The van der Waals surface area contributed by atoms with E-state index < -0.39 is 12.0 Å². The lowest BCUT2D eigenvalue weighted by atomic mass is 9.93. The third-order valence-electron chi connectivity index (χ3n) is 7.08. The lowest BCUT2D eigenvalue weighted by Crippen LogP contribution is -2.40. The zero-order chi connectivity index (χ0) is 29.9. The Balaban J connectivity index is 1.66. The van der Waals surface area contributed by atoms with Gasteiger partial charge >= 0.3 is 5.97 Å². The number of aromatic nitrogens is 1. The van der Waals surface area contributed by atoms with Crippen LogP contribution < -0.4 is 19.6 Å². The van der Waals surface area contributed by atoms with E-state index in [-0.39, 0.29) is 24.3 Å². The first kappa shape index (κ1) is 28.2. The number of hydrogen-bond donors (Lipinski definition) is 0. The highest BCUT2D eigenvalue weighted by Gasteiger charge is 2.35. The van der Waals surface area contributed by atoms with E-state index in [1.54, 1.807) is 23.6 Å². The molecule has 0 saturated heterocycles. The molecular weight excluding hydrogens is 580 g/mol. The fourth-order valence-corrected chi connectivity index (χ4v) is 6.31. The van der Waals surface area contributed by atoms with Crippen LogP contribution in [0.3, 0.4) is 0 Å². The van der Waals surface area contributed by atoms with Crippen molar-refractivity contribution in [3.63, 3.8) is 0 Å². The minimum Gasteiger partial charge on any atom is -0.480 e. The van der Waals surface area contributed by atoms with E-state index in [0.717, 1.165) is 21.9 Å². The molecule has 0 unspecified atom stereocenters. The summed E-state index contributed by atoms with van der Waals surface area (Å²) in [5, 5.41) is 2.44. The van der Waals surface area contributed by atoms with Crippen LogP contribution in [0.4, 0.5) is 0 Å². The van der Waals surface area contributed by atoms with Crippen molar-refractivity contribution in [3.05, 3.63) is 138 Å². The van der Waals surface area contributed by atoms with Crippen molar-refractivity contribution in [1.29, 1.82) is 0 Å². The molecule has 1 aromatic heterocycles. The molecule has 0 fully saturated rings. The number of carbonyl (C=O) groups is 1. The van der Waals surface area contributed by atoms with Crippen LogP contribution in [0, 0.1) is 12.3 Å². The zero-order valence-corrected chi connectivity index (χ0v) is 24.7. The van der Waals surface area contributed by atoms with Crippen molar-refractivity contribution >= 4 is 51.5 Å². The molecule has 2 heterocycles. The van der Waals surface area contributed by atoms with E-state index in [1.807, 2.05) is 84.9 Å². The van der Waals surface area contributed by atoms with Gasteiger partial charge < -0.3 is 9.47 Å². The van der Waals surface area contributed by atoms with E-state index in [9.17, 15) is 9.59 Å². The maximum absolute atomic E-state index is 14.3. The van der Waals surface area contributed by atoms with Crippen LogP contribution in [0.25, 0.3) is 22.5 Å². The van der Waals surface area contributed by atoms with Gasteiger partial charge in [0.25, 0.3) is 5.56 Å². The van der Waals surface area contributed by atoms with Crippen LogP contribution in [0.1, 0.15) is 29.7 Å². The normalized spacial score (nSPS) is 14.6. The fourth-order valence-electron chi connectivity index (χ4n) is 5.20. The van der Waals surface area contributed by atoms with E-state index in [1.165, 1.54) is 11.3 Å². The smallest absolute Gasteiger partial charge is 0.338 e. The van der Waals surface area contributed by atoms with Gasteiger partial charge in [-0.15, -0.1) is 6.42 Å². The summed E-state index contributed by atoms with van der Waals surface area (Å²) in [5.74, 6) is 2.53. The Hall–Kier alpha value is -4.90. The molecule has 1 atom stereocenters. The first-order valence-electron chi connectivity index (χ1n) is 13.6. The number of rotatable bonds is 7. The standard InChI is InChI=1S/C35H25ClN2O4S/c1-3-20-42-28-19-16-22-10-8-9-13-26(22)27(28)21-29-33(39)38-32(24-14-17-25(36)18-15-24)30(34(40)41-4-2)31(37-35(38)43-29)23-11-6-5-7-12-23/h1,5-19,21,32H,4,20H2,2H3/b29-21-/t32-/m0/s1. The number of thiazole rings is 1. The number of carbonyl (C=O) groups excluding carboxylic acids is 1. The molecule has 4 aromatic carbocycles. The molecule has 6 rings (SSSR count). The highest BCUT2D eigenvalue weighted by atomic mass is 35.5. The first-order valence-corrected chi connectivity index (χ1v) is 14.8. The summed E-state index contributed by atoms with van der Waals surface area (Å²) in [6.07, 6.45) is 7.29. The topological polar surface area (TPSA) is 69.9 Å². The summed E-state index contributed by atoms with van der Waals surface area (Å²) in [4.78, 5) is 33.3. The summed E-state index contributed by atoms with van der Waals surface area (Å²) >= 11 is 7.48. The number of esters is 1. The average molecular weight is 605 g/mol. The minimum absolute atomic E-state index is 0.0837. The molecule has 8 heteroatoms. The van der Waals surface area contributed by atoms with Crippen molar-refractivity contribution in [2.75, 3.05) is 13.2 Å². The largest absolute Gasteiger partial charge is 0.480 e. The van der Waals surface area contributed by atoms with Gasteiger partial charge in [0.1, 0.15) is 12.4 Å². The summed E-state index contributed by atoms with van der Waals surface area (Å²) in [6.45, 7) is 2.00. The van der Waals surface area contributed by atoms with Gasteiger partial charge in [0, 0.05) is 16.1 Å². The molecule has 0 N–H and O–H groups in total. The van der Waals surface area contributed by atoms with E-state index >= 15 is 0 Å². The molecule has 0 spiro atoms. The van der Waals surface area contributed by atoms with Crippen LogP contribution in [-0.4, -0.2) is 23.8 Å². The summed E-state index contributed by atoms with van der Waals surface area (Å²) in [7, 11) is 0. The third kappa shape index (κ3) is 5.39. The number of benzene rings is 4.